The Morgan fingerprint density at radius 3 is 2.76 bits per heavy atom. The minimum absolute atomic E-state index is 0.226. The van der Waals surface area contributed by atoms with E-state index in [-0.39, 0.29) is 5.82 Å². The van der Waals surface area contributed by atoms with Crippen molar-refractivity contribution in [2.24, 2.45) is 0 Å². The lowest BCUT2D eigenvalue weighted by atomic mass is 10.2. The van der Waals surface area contributed by atoms with E-state index in [0.29, 0.717) is 13.2 Å². The number of halogens is 1. The van der Waals surface area contributed by atoms with Crippen LogP contribution in [0, 0.1) is 5.82 Å². The van der Waals surface area contributed by atoms with Crippen LogP contribution in [-0.2, 0) is 6.54 Å². The van der Waals surface area contributed by atoms with E-state index in [4.69, 9.17) is 4.74 Å². The van der Waals surface area contributed by atoms with Gasteiger partial charge < -0.3 is 15.0 Å². The normalized spacial score (nSPS) is 10.9. The zero-order valence-corrected chi connectivity index (χ0v) is 10.8. The molecule has 0 amide bonds. The molecule has 0 fully saturated rings. The van der Waals surface area contributed by atoms with Gasteiger partial charge in [0.2, 0.25) is 0 Å². The number of benzene rings is 1. The second kappa shape index (κ2) is 7.25. The molecule has 1 rings (SSSR count). The van der Waals surface area contributed by atoms with E-state index >= 15 is 0 Å². The third-order valence-corrected chi connectivity index (χ3v) is 2.40. The van der Waals surface area contributed by atoms with E-state index in [1.54, 1.807) is 6.07 Å². The molecule has 0 radical (unpaired) electrons. The highest BCUT2D eigenvalue weighted by atomic mass is 19.1. The molecular weight excluding hydrogens is 219 g/mol. The SMILES string of the molecule is CNCc1cc(F)ccc1OCCCN(C)C. The van der Waals surface area contributed by atoms with Gasteiger partial charge in [-0.1, -0.05) is 0 Å². The Morgan fingerprint density at radius 2 is 2.12 bits per heavy atom. The lowest BCUT2D eigenvalue weighted by Gasteiger charge is -2.13. The Kier molecular flexibility index (Phi) is 5.94. The second-order valence-corrected chi connectivity index (χ2v) is 4.29. The molecular formula is C13H21FN2O. The van der Waals surface area contributed by atoms with Crippen molar-refractivity contribution < 1.29 is 9.13 Å². The molecule has 96 valence electrons. The standard InChI is InChI=1S/C13H21FN2O/c1-15-10-11-9-12(14)5-6-13(11)17-8-4-7-16(2)3/h5-6,9,15H,4,7-8,10H2,1-3H3. The van der Waals surface area contributed by atoms with Gasteiger partial charge in [-0.15, -0.1) is 0 Å². The molecule has 0 bridgehead atoms. The van der Waals surface area contributed by atoms with Crippen LogP contribution in [-0.4, -0.2) is 39.2 Å². The summed E-state index contributed by atoms with van der Waals surface area (Å²) in [5.74, 6) is 0.537. The minimum atomic E-state index is -0.226. The number of hydrogen-bond acceptors (Lipinski definition) is 3. The first kappa shape index (κ1) is 13.9. The number of rotatable bonds is 7. The Labute approximate surface area is 103 Å². The third kappa shape index (κ3) is 5.15. The molecule has 0 spiro atoms. The second-order valence-electron chi connectivity index (χ2n) is 4.29. The minimum Gasteiger partial charge on any atom is -0.493 e. The van der Waals surface area contributed by atoms with E-state index in [9.17, 15) is 4.39 Å². The molecule has 1 aromatic carbocycles. The molecule has 0 atom stereocenters. The summed E-state index contributed by atoms with van der Waals surface area (Å²) in [5.41, 5.74) is 0.859. The summed E-state index contributed by atoms with van der Waals surface area (Å²) < 4.78 is 18.7. The number of nitrogens with zero attached hydrogens (tertiary/aromatic N) is 1. The van der Waals surface area contributed by atoms with Crippen LogP contribution in [0.5, 0.6) is 5.75 Å². The van der Waals surface area contributed by atoms with E-state index in [2.05, 4.69) is 10.2 Å². The van der Waals surface area contributed by atoms with Crippen molar-refractivity contribution >= 4 is 0 Å². The first-order chi connectivity index (χ1) is 8.13. The summed E-state index contributed by atoms with van der Waals surface area (Å²) in [6.07, 6.45) is 0.962. The molecule has 1 N–H and O–H groups in total. The van der Waals surface area contributed by atoms with Crippen LogP contribution in [0.2, 0.25) is 0 Å². The van der Waals surface area contributed by atoms with E-state index in [1.807, 2.05) is 21.1 Å². The summed E-state index contributed by atoms with van der Waals surface area (Å²) >= 11 is 0. The van der Waals surface area contributed by atoms with Crippen molar-refractivity contribution in [3.63, 3.8) is 0 Å². The topological polar surface area (TPSA) is 24.5 Å². The van der Waals surface area contributed by atoms with Gasteiger partial charge in [-0.25, -0.2) is 4.39 Å². The number of nitrogens with one attached hydrogen (secondary N) is 1. The zero-order chi connectivity index (χ0) is 12.7. The van der Waals surface area contributed by atoms with E-state index in [0.717, 1.165) is 24.3 Å². The van der Waals surface area contributed by atoms with Crippen molar-refractivity contribution in [1.29, 1.82) is 0 Å². The van der Waals surface area contributed by atoms with E-state index < -0.39 is 0 Å². The van der Waals surface area contributed by atoms with Gasteiger partial charge in [0, 0.05) is 18.7 Å². The van der Waals surface area contributed by atoms with Gasteiger partial charge in [0.25, 0.3) is 0 Å². The van der Waals surface area contributed by atoms with Crippen LogP contribution in [0.3, 0.4) is 0 Å². The Morgan fingerprint density at radius 1 is 1.35 bits per heavy atom. The quantitative estimate of drug-likeness (QED) is 0.736. The van der Waals surface area contributed by atoms with Crippen molar-refractivity contribution in [1.82, 2.24) is 10.2 Å². The number of ether oxygens (including phenoxy) is 1. The van der Waals surface area contributed by atoms with Gasteiger partial charge in [0.05, 0.1) is 6.61 Å². The van der Waals surface area contributed by atoms with Gasteiger partial charge in [0.1, 0.15) is 11.6 Å². The Balaban J connectivity index is 2.51. The molecule has 0 aromatic heterocycles. The molecule has 0 heterocycles. The summed E-state index contributed by atoms with van der Waals surface area (Å²) in [5, 5.41) is 3.01. The molecule has 3 nitrogen and oxygen atoms in total. The maximum atomic E-state index is 13.1. The fourth-order valence-electron chi connectivity index (χ4n) is 1.58. The van der Waals surface area contributed by atoms with Gasteiger partial charge in [-0.3, -0.25) is 0 Å². The summed E-state index contributed by atoms with van der Waals surface area (Å²) in [6, 6.07) is 4.63. The Bertz CT molecular complexity index is 342. The molecule has 0 saturated carbocycles. The third-order valence-electron chi connectivity index (χ3n) is 2.40. The molecule has 0 unspecified atom stereocenters. The summed E-state index contributed by atoms with van der Waals surface area (Å²) in [4.78, 5) is 2.11. The highest BCUT2D eigenvalue weighted by Crippen LogP contribution is 2.19. The van der Waals surface area contributed by atoms with Gasteiger partial charge >= 0.3 is 0 Å². The van der Waals surface area contributed by atoms with Gasteiger partial charge in [0.15, 0.2) is 0 Å². The average molecular weight is 240 g/mol. The summed E-state index contributed by atoms with van der Waals surface area (Å²) in [6.45, 7) is 2.25. The molecule has 17 heavy (non-hydrogen) atoms. The van der Waals surface area contributed by atoms with Crippen molar-refractivity contribution in [2.45, 2.75) is 13.0 Å². The maximum Gasteiger partial charge on any atom is 0.123 e. The fourth-order valence-corrected chi connectivity index (χ4v) is 1.58. The van der Waals surface area contributed by atoms with Crippen molar-refractivity contribution in [3.8, 4) is 5.75 Å². The average Bonchev–Trinajstić information content (AvgIpc) is 2.27. The van der Waals surface area contributed by atoms with Crippen LogP contribution < -0.4 is 10.1 Å². The molecule has 0 saturated heterocycles. The van der Waals surface area contributed by atoms with Crippen LogP contribution in [0.15, 0.2) is 18.2 Å². The first-order valence-electron chi connectivity index (χ1n) is 5.84. The molecule has 0 aliphatic rings. The highest BCUT2D eigenvalue weighted by molar-refractivity contribution is 5.33. The van der Waals surface area contributed by atoms with Crippen LogP contribution in [0.1, 0.15) is 12.0 Å². The monoisotopic (exact) mass is 240 g/mol. The predicted octanol–water partition coefficient (Wildman–Crippen LogP) is 1.88. The number of hydrogen-bond donors (Lipinski definition) is 1. The maximum absolute atomic E-state index is 13.1. The molecule has 4 heteroatoms. The van der Waals surface area contributed by atoms with E-state index in [1.165, 1.54) is 12.1 Å². The van der Waals surface area contributed by atoms with Crippen LogP contribution in [0.4, 0.5) is 4.39 Å². The lowest BCUT2D eigenvalue weighted by molar-refractivity contribution is 0.279. The zero-order valence-electron chi connectivity index (χ0n) is 10.8. The fraction of sp³-hybridized carbons (Fsp3) is 0.538. The Hall–Kier alpha value is -1.13. The first-order valence-corrected chi connectivity index (χ1v) is 5.84. The molecule has 1 aromatic rings. The largest absolute Gasteiger partial charge is 0.493 e. The highest BCUT2D eigenvalue weighted by Gasteiger charge is 2.04. The van der Waals surface area contributed by atoms with Gasteiger partial charge in [-0.2, -0.15) is 0 Å². The predicted molar refractivity (Wildman–Crippen MR) is 67.8 cm³/mol. The van der Waals surface area contributed by atoms with Crippen LogP contribution in [0.25, 0.3) is 0 Å². The van der Waals surface area contributed by atoms with Crippen molar-refractivity contribution in [2.75, 3.05) is 34.3 Å². The smallest absolute Gasteiger partial charge is 0.123 e. The molecule has 0 aliphatic heterocycles. The summed E-state index contributed by atoms with van der Waals surface area (Å²) in [7, 11) is 5.90. The van der Waals surface area contributed by atoms with Crippen molar-refractivity contribution in [3.05, 3.63) is 29.6 Å². The molecule has 0 aliphatic carbocycles. The lowest BCUT2D eigenvalue weighted by Crippen LogP contribution is -2.16. The van der Waals surface area contributed by atoms with Crippen LogP contribution >= 0.6 is 0 Å². The van der Waals surface area contributed by atoms with Gasteiger partial charge in [-0.05, 0) is 45.8 Å².